The van der Waals surface area contributed by atoms with E-state index in [1.54, 1.807) is 12.1 Å². The van der Waals surface area contributed by atoms with E-state index in [-0.39, 0.29) is 5.56 Å². The van der Waals surface area contributed by atoms with Crippen molar-refractivity contribution < 1.29 is 19.2 Å². The standard InChI is InChI=1S/C24H27N5O4/c1-15-12-18(28-10-3-4-11-28)8-9-19(15)26-20(30)14-29-22(32)24(2,27-23(29)33)17-7-5-6-16(13-17)21(25)31/h5-9,12-13H,3-4,10-11,14H2,1-2H3,(H2,25,31)(H,26,30)(H,27,33). The molecule has 9 nitrogen and oxygen atoms in total. The number of aryl methyl sites for hydroxylation is 1. The van der Waals surface area contributed by atoms with E-state index in [0.717, 1.165) is 29.2 Å². The fraction of sp³-hybridized carbons (Fsp3) is 0.333. The van der Waals surface area contributed by atoms with Crippen LogP contribution in [0, 0.1) is 6.92 Å². The second-order valence-electron chi connectivity index (χ2n) is 8.63. The second kappa shape index (κ2) is 8.57. The molecule has 9 heteroatoms. The van der Waals surface area contributed by atoms with Gasteiger partial charge in [-0.25, -0.2) is 4.79 Å². The molecule has 2 aromatic rings. The molecule has 4 N–H and O–H groups in total. The van der Waals surface area contributed by atoms with Crippen LogP contribution in [0.25, 0.3) is 0 Å². The largest absolute Gasteiger partial charge is 0.372 e. The number of hydrogen-bond acceptors (Lipinski definition) is 5. The molecule has 1 atom stereocenters. The van der Waals surface area contributed by atoms with Crippen molar-refractivity contribution in [1.82, 2.24) is 10.2 Å². The maximum Gasteiger partial charge on any atom is 0.325 e. The lowest BCUT2D eigenvalue weighted by molar-refractivity contribution is -0.133. The summed E-state index contributed by atoms with van der Waals surface area (Å²) in [4.78, 5) is 53.0. The zero-order valence-corrected chi connectivity index (χ0v) is 18.7. The molecule has 0 radical (unpaired) electrons. The third kappa shape index (κ3) is 4.26. The first kappa shape index (κ1) is 22.3. The third-order valence-corrected chi connectivity index (χ3v) is 6.26. The number of nitrogens with zero attached hydrogens (tertiary/aromatic N) is 2. The number of anilines is 2. The Morgan fingerprint density at radius 1 is 1.12 bits per heavy atom. The quantitative estimate of drug-likeness (QED) is 0.583. The highest BCUT2D eigenvalue weighted by Gasteiger charge is 2.49. The van der Waals surface area contributed by atoms with E-state index in [1.165, 1.54) is 31.9 Å². The van der Waals surface area contributed by atoms with Crippen LogP contribution in [0.2, 0.25) is 0 Å². The Morgan fingerprint density at radius 3 is 2.52 bits per heavy atom. The van der Waals surface area contributed by atoms with Gasteiger partial charge in [-0.05, 0) is 68.1 Å². The van der Waals surface area contributed by atoms with Crippen LogP contribution in [0.5, 0.6) is 0 Å². The Kier molecular flexibility index (Phi) is 5.80. The van der Waals surface area contributed by atoms with E-state index in [2.05, 4.69) is 15.5 Å². The maximum atomic E-state index is 13.1. The average molecular weight is 450 g/mol. The van der Waals surface area contributed by atoms with Gasteiger partial charge in [-0.3, -0.25) is 19.3 Å². The number of amides is 5. The van der Waals surface area contributed by atoms with Crippen molar-refractivity contribution in [2.75, 3.05) is 29.9 Å². The summed E-state index contributed by atoms with van der Waals surface area (Å²) in [5, 5.41) is 5.43. The normalized spacial score (nSPS) is 20.2. The van der Waals surface area contributed by atoms with Gasteiger partial charge in [-0.2, -0.15) is 0 Å². The van der Waals surface area contributed by atoms with Crippen molar-refractivity contribution in [2.45, 2.75) is 32.2 Å². The second-order valence-corrected chi connectivity index (χ2v) is 8.63. The Balaban J connectivity index is 1.46. The molecule has 0 aromatic heterocycles. The molecule has 4 rings (SSSR count). The number of nitrogens with one attached hydrogen (secondary N) is 2. The zero-order chi connectivity index (χ0) is 23.8. The van der Waals surface area contributed by atoms with E-state index in [9.17, 15) is 19.2 Å². The molecule has 2 saturated heterocycles. The van der Waals surface area contributed by atoms with Gasteiger partial charge in [-0.1, -0.05) is 12.1 Å². The lowest BCUT2D eigenvalue weighted by Gasteiger charge is -2.22. The van der Waals surface area contributed by atoms with Crippen molar-refractivity contribution in [1.29, 1.82) is 0 Å². The van der Waals surface area contributed by atoms with Gasteiger partial charge in [0.15, 0.2) is 0 Å². The van der Waals surface area contributed by atoms with Crippen LogP contribution in [-0.4, -0.2) is 48.3 Å². The van der Waals surface area contributed by atoms with Gasteiger partial charge in [0.25, 0.3) is 5.91 Å². The van der Waals surface area contributed by atoms with Crippen molar-refractivity contribution in [3.8, 4) is 0 Å². The lowest BCUT2D eigenvalue weighted by atomic mass is 9.90. The molecule has 2 aromatic carbocycles. The summed E-state index contributed by atoms with van der Waals surface area (Å²) in [6.45, 7) is 5.07. The number of hydrogen-bond donors (Lipinski definition) is 3. The number of rotatable bonds is 6. The fourth-order valence-corrected chi connectivity index (χ4v) is 4.31. The van der Waals surface area contributed by atoms with Crippen LogP contribution < -0.4 is 21.3 Å². The highest BCUT2D eigenvalue weighted by molar-refractivity contribution is 6.10. The molecule has 2 aliphatic heterocycles. The molecule has 2 aliphatic rings. The number of carbonyl (C=O) groups excluding carboxylic acids is 4. The van der Waals surface area contributed by atoms with Gasteiger partial charge in [0.05, 0.1) is 0 Å². The smallest absolute Gasteiger partial charge is 0.325 e. The molecule has 172 valence electrons. The first-order valence-corrected chi connectivity index (χ1v) is 10.9. The predicted molar refractivity (Wildman–Crippen MR) is 124 cm³/mol. The number of nitrogens with two attached hydrogens (primary N) is 1. The molecule has 5 amide bonds. The number of benzene rings is 2. The lowest BCUT2D eigenvalue weighted by Crippen LogP contribution is -2.42. The number of imide groups is 1. The Bertz CT molecular complexity index is 1140. The van der Waals surface area contributed by atoms with Crippen molar-refractivity contribution in [3.05, 3.63) is 59.2 Å². The van der Waals surface area contributed by atoms with Crippen LogP contribution in [-0.2, 0) is 15.1 Å². The number of urea groups is 1. The molecule has 0 saturated carbocycles. The minimum Gasteiger partial charge on any atom is -0.372 e. The minimum absolute atomic E-state index is 0.222. The van der Waals surface area contributed by atoms with Crippen LogP contribution in [0.4, 0.5) is 16.2 Å². The van der Waals surface area contributed by atoms with Gasteiger partial charge in [0.2, 0.25) is 11.8 Å². The number of carbonyl (C=O) groups is 4. The molecule has 2 fully saturated rings. The third-order valence-electron chi connectivity index (χ3n) is 6.26. The minimum atomic E-state index is -1.41. The molecule has 1 unspecified atom stereocenters. The van der Waals surface area contributed by atoms with E-state index >= 15 is 0 Å². The highest BCUT2D eigenvalue weighted by atomic mass is 16.2. The van der Waals surface area contributed by atoms with Gasteiger partial charge in [-0.15, -0.1) is 0 Å². The van der Waals surface area contributed by atoms with Gasteiger partial charge in [0, 0.05) is 30.0 Å². The molecular formula is C24H27N5O4. The first-order chi connectivity index (χ1) is 15.7. The summed E-state index contributed by atoms with van der Waals surface area (Å²) >= 11 is 0. The SMILES string of the molecule is Cc1cc(N2CCCC2)ccc1NC(=O)CN1C(=O)NC(C)(c2cccc(C(N)=O)c2)C1=O. The van der Waals surface area contributed by atoms with E-state index in [4.69, 9.17) is 5.73 Å². The molecule has 33 heavy (non-hydrogen) atoms. The summed E-state index contributed by atoms with van der Waals surface area (Å²) in [6, 6.07) is 11.4. The molecule has 2 heterocycles. The predicted octanol–water partition coefficient (Wildman–Crippen LogP) is 2.10. The first-order valence-electron chi connectivity index (χ1n) is 10.9. The average Bonchev–Trinajstić information content (AvgIpc) is 3.39. The summed E-state index contributed by atoms with van der Waals surface area (Å²) in [6.07, 6.45) is 2.35. The summed E-state index contributed by atoms with van der Waals surface area (Å²) in [5.74, 6) is -1.70. The van der Waals surface area contributed by atoms with Crippen LogP contribution in [0.15, 0.2) is 42.5 Å². The Labute approximate surface area is 191 Å². The summed E-state index contributed by atoms with van der Waals surface area (Å²) in [5.41, 5.74) is 7.21. The van der Waals surface area contributed by atoms with E-state index in [0.29, 0.717) is 11.3 Å². The van der Waals surface area contributed by atoms with Crippen molar-refractivity contribution in [2.24, 2.45) is 5.73 Å². The van der Waals surface area contributed by atoms with Crippen LogP contribution >= 0.6 is 0 Å². The summed E-state index contributed by atoms with van der Waals surface area (Å²) in [7, 11) is 0. The van der Waals surface area contributed by atoms with Crippen LogP contribution in [0.1, 0.15) is 41.3 Å². The van der Waals surface area contributed by atoms with E-state index in [1.807, 2.05) is 25.1 Å². The topological polar surface area (TPSA) is 125 Å². The zero-order valence-electron chi connectivity index (χ0n) is 18.7. The van der Waals surface area contributed by atoms with Gasteiger partial charge < -0.3 is 21.3 Å². The molecule has 0 aliphatic carbocycles. The highest BCUT2D eigenvalue weighted by Crippen LogP contribution is 2.30. The molecule has 0 bridgehead atoms. The summed E-state index contributed by atoms with van der Waals surface area (Å²) < 4.78 is 0. The molecular weight excluding hydrogens is 422 g/mol. The maximum absolute atomic E-state index is 13.1. The van der Waals surface area contributed by atoms with Gasteiger partial charge >= 0.3 is 6.03 Å². The van der Waals surface area contributed by atoms with Crippen molar-refractivity contribution >= 4 is 35.1 Å². The van der Waals surface area contributed by atoms with Crippen molar-refractivity contribution in [3.63, 3.8) is 0 Å². The monoisotopic (exact) mass is 449 g/mol. The molecule has 0 spiro atoms. The Morgan fingerprint density at radius 2 is 1.85 bits per heavy atom. The van der Waals surface area contributed by atoms with Gasteiger partial charge in [0.1, 0.15) is 12.1 Å². The fourth-order valence-electron chi connectivity index (χ4n) is 4.31. The van der Waals surface area contributed by atoms with E-state index < -0.39 is 35.8 Å². The Hall–Kier alpha value is -3.88. The number of primary amides is 1. The van der Waals surface area contributed by atoms with Crippen LogP contribution in [0.3, 0.4) is 0 Å².